The summed E-state index contributed by atoms with van der Waals surface area (Å²) in [7, 11) is -3.26. The van der Waals surface area contributed by atoms with Gasteiger partial charge in [0, 0.05) is 18.1 Å². The molecule has 2 heterocycles. The van der Waals surface area contributed by atoms with Crippen LogP contribution in [0.25, 0.3) is 5.65 Å². The number of fused-ring (bicyclic) bond motifs is 1. The highest BCUT2D eigenvalue weighted by molar-refractivity contribution is 7.90. The van der Waals surface area contributed by atoms with Gasteiger partial charge in [0.25, 0.3) is 0 Å². The molecule has 0 fully saturated rings. The molecule has 0 bridgehead atoms. The van der Waals surface area contributed by atoms with E-state index in [1.165, 1.54) is 10.6 Å². The van der Waals surface area contributed by atoms with Gasteiger partial charge in [0.05, 0.1) is 6.20 Å². The number of imidazole rings is 1. The fourth-order valence-corrected chi connectivity index (χ4v) is 2.00. The van der Waals surface area contributed by atoms with Gasteiger partial charge in [-0.3, -0.25) is 4.40 Å². The lowest BCUT2D eigenvalue weighted by molar-refractivity contribution is 0.597. The number of anilines is 1. The predicted octanol–water partition coefficient (Wildman–Crippen LogP) is 0.320. The van der Waals surface area contributed by atoms with Gasteiger partial charge >= 0.3 is 0 Å². The first-order chi connectivity index (χ1) is 6.48. The zero-order valence-electron chi connectivity index (χ0n) is 7.51. The van der Waals surface area contributed by atoms with Crippen LogP contribution in [0.1, 0.15) is 0 Å². The second kappa shape index (κ2) is 2.71. The summed E-state index contributed by atoms with van der Waals surface area (Å²) in [6, 6.07) is 3.35. The molecule has 0 atom stereocenters. The number of nitrogen functional groups attached to an aromatic ring is 1. The van der Waals surface area contributed by atoms with E-state index in [1.807, 2.05) is 0 Å². The molecule has 74 valence electrons. The molecule has 0 aliphatic heterocycles. The maximum absolute atomic E-state index is 11.3. The first-order valence-corrected chi connectivity index (χ1v) is 5.80. The maximum Gasteiger partial charge on any atom is 0.192 e. The van der Waals surface area contributed by atoms with Crippen LogP contribution in [0.3, 0.4) is 0 Å². The molecule has 14 heavy (non-hydrogen) atoms. The van der Waals surface area contributed by atoms with E-state index in [0.29, 0.717) is 11.3 Å². The zero-order valence-corrected chi connectivity index (χ0v) is 8.32. The third-order valence-corrected chi connectivity index (χ3v) is 2.94. The first-order valence-electron chi connectivity index (χ1n) is 3.91. The number of pyridine rings is 1. The molecule has 0 saturated carbocycles. The van der Waals surface area contributed by atoms with Gasteiger partial charge < -0.3 is 5.73 Å². The molecule has 0 aliphatic rings. The molecular weight excluding hydrogens is 202 g/mol. The Labute approximate surface area is 81.1 Å². The minimum absolute atomic E-state index is 0.153. The average Bonchev–Trinajstić information content (AvgIpc) is 2.45. The Hall–Kier alpha value is -1.56. The standard InChI is InChI=1S/C8H9N3O2S/c1-14(12,13)8-4-10-7-3-2-6(9)5-11(7)8/h2-5H,9H2,1H3. The molecule has 0 aliphatic carbocycles. The van der Waals surface area contributed by atoms with E-state index in [0.717, 1.165) is 6.26 Å². The van der Waals surface area contributed by atoms with Crippen LogP contribution in [0.2, 0.25) is 0 Å². The summed E-state index contributed by atoms with van der Waals surface area (Å²) in [6.45, 7) is 0. The van der Waals surface area contributed by atoms with Crippen molar-refractivity contribution in [2.24, 2.45) is 0 Å². The first kappa shape index (κ1) is 9.01. The second-order valence-electron chi connectivity index (χ2n) is 3.06. The predicted molar refractivity (Wildman–Crippen MR) is 52.7 cm³/mol. The lowest BCUT2D eigenvalue weighted by Gasteiger charge is -1.99. The topological polar surface area (TPSA) is 77.5 Å². The second-order valence-corrected chi connectivity index (χ2v) is 5.02. The van der Waals surface area contributed by atoms with E-state index >= 15 is 0 Å². The molecule has 0 aromatic carbocycles. The monoisotopic (exact) mass is 211 g/mol. The Morgan fingerprint density at radius 2 is 2.14 bits per heavy atom. The SMILES string of the molecule is CS(=O)(=O)c1cnc2ccc(N)cn12. The van der Waals surface area contributed by atoms with E-state index in [9.17, 15) is 8.42 Å². The fourth-order valence-electron chi connectivity index (χ4n) is 1.25. The van der Waals surface area contributed by atoms with Gasteiger partial charge in [0.1, 0.15) is 5.65 Å². The van der Waals surface area contributed by atoms with Gasteiger partial charge in [0.15, 0.2) is 14.9 Å². The third kappa shape index (κ3) is 1.33. The van der Waals surface area contributed by atoms with E-state index < -0.39 is 9.84 Å². The Balaban J connectivity index is 2.87. The molecule has 0 radical (unpaired) electrons. The fraction of sp³-hybridized carbons (Fsp3) is 0.125. The minimum Gasteiger partial charge on any atom is -0.398 e. The number of sulfone groups is 1. The number of hydrogen-bond acceptors (Lipinski definition) is 4. The van der Waals surface area contributed by atoms with E-state index in [4.69, 9.17) is 5.73 Å². The van der Waals surface area contributed by atoms with Crippen LogP contribution in [-0.2, 0) is 9.84 Å². The summed E-state index contributed by atoms with van der Waals surface area (Å²) in [5.41, 5.74) is 6.62. The van der Waals surface area contributed by atoms with Gasteiger partial charge in [0.2, 0.25) is 0 Å². The van der Waals surface area contributed by atoms with E-state index in [1.54, 1.807) is 18.3 Å². The number of aromatic nitrogens is 2. The Morgan fingerprint density at radius 1 is 1.43 bits per heavy atom. The quantitative estimate of drug-likeness (QED) is 0.736. The van der Waals surface area contributed by atoms with Crippen molar-refractivity contribution in [1.82, 2.24) is 9.38 Å². The molecule has 2 N–H and O–H groups in total. The average molecular weight is 211 g/mol. The van der Waals surface area contributed by atoms with Gasteiger partial charge in [-0.2, -0.15) is 0 Å². The molecule has 2 aromatic rings. The number of hydrogen-bond donors (Lipinski definition) is 1. The molecular formula is C8H9N3O2S. The molecule has 5 nitrogen and oxygen atoms in total. The summed E-state index contributed by atoms with van der Waals surface area (Å²) < 4.78 is 24.1. The summed E-state index contributed by atoms with van der Waals surface area (Å²) in [6.07, 6.45) is 4.00. The number of nitrogens with zero attached hydrogens (tertiary/aromatic N) is 2. The van der Waals surface area contributed by atoms with Crippen molar-refractivity contribution in [2.45, 2.75) is 5.03 Å². The van der Waals surface area contributed by atoms with Gasteiger partial charge in [-0.1, -0.05) is 0 Å². The van der Waals surface area contributed by atoms with E-state index in [-0.39, 0.29) is 5.03 Å². The molecule has 6 heteroatoms. The number of rotatable bonds is 1. The smallest absolute Gasteiger partial charge is 0.192 e. The lowest BCUT2D eigenvalue weighted by Crippen LogP contribution is -2.02. The van der Waals surface area contributed by atoms with Crippen LogP contribution in [0.4, 0.5) is 5.69 Å². The van der Waals surface area contributed by atoms with Gasteiger partial charge in [-0.05, 0) is 12.1 Å². The van der Waals surface area contributed by atoms with Gasteiger partial charge in [-0.15, -0.1) is 0 Å². The normalized spacial score (nSPS) is 12.1. The van der Waals surface area contributed by atoms with Crippen molar-refractivity contribution in [3.05, 3.63) is 24.5 Å². The number of nitrogens with two attached hydrogens (primary N) is 1. The minimum atomic E-state index is -3.26. The molecule has 2 aromatic heterocycles. The van der Waals surface area contributed by atoms with E-state index in [2.05, 4.69) is 4.98 Å². The van der Waals surface area contributed by atoms with Crippen LogP contribution in [-0.4, -0.2) is 24.1 Å². The Kier molecular flexibility index (Phi) is 1.75. The molecule has 0 unspecified atom stereocenters. The molecule has 0 spiro atoms. The van der Waals surface area contributed by atoms with Crippen LogP contribution >= 0.6 is 0 Å². The van der Waals surface area contributed by atoms with Crippen molar-refractivity contribution < 1.29 is 8.42 Å². The molecule has 0 amide bonds. The van der Waals surface area contributed by atoms with Crippen molar-refractivity contribution in [2.75, 3.05) is 12.0 Å². The highest BCUT2D eigenvalue weighted by Crippen LogP contribution is 2.14. The Bertz CT molecular complexity index is 586. The van der Waals surface area contributed by atoms with Crippen LogP contribution in [0, 0.1) is 0 Å². The van der Waals surface area contributed by atoms with Crippen molar-refractivity contribution >= 4 is 21.2 Å². The zero-order chi connectivity index (χ0) is 10.3. The molecule has 2 rings (SSSR count). The highest BCUT2D eigenvalue weighted by Gasteiger charge is 2.13. The third-order valence-electron chi connectivity index (χ3n) is 1.87. The van der Waals surface area contributed by atoms with Gasteiger partial charge in [-0.25, -0.2) is 13.4 Å². The highest BCUT2D eigenvalue weighted by atomic mass is 32.2. The van der Waals surface area contributed by atoms with Crippen LogP contribution in [0.15, 0.2) is 29.6 Å². The maximum atomic E-state index is 11.3. The molecule has 0 saturated heterocycles. The summed E-state index contributed by atoms with van der Waals surface area (Å²) in [4.78, 5) is 3.95. The Morgan fingerprint density at radius 3 is 2.79 bits per heavy atom. The largest absolute Gasteiger partial charge is 0.398 e. The summed E-state index contributed by atoms with van der Waals surface area (Å²) in [5, 5.41) is 0.153. The summed E-state index contributed by atoms with van der Waals surface area (Å²) >= 11 is 0. The lowest BCUT2D eigenvalue weighted by atomic mass is 10.4. The van der Waals surface area contributed by atoms with Crippen LogP contribution in [0.5, 0.6) is 0 Å². The van der Waals surface area contributed by atoms with Crippen molar-refractivity contribution in [1.29, 1.82) is 0 Å². The van der Waals surface area contributed by atoms with Crippen molar-refractivity contribution in [3.8, 4) is 0 Å². The summed E-state index contributed by atoms with van der Waals surface area (Å²) in [5.74, 6) is 0. The van der Waals surface area contributed by atoms with Crippen molar-refractivity contribution in [3.63, 3.8) is 0 Å². The van der Waals surface area contributed by atoms with Crippen LogP contribution < -0.4 is 5.73 Å².